The fraction of sp³-hybridized carbons (Fsp3) is 0.188. The number of nitrogens with zero attached hydrogens (tertiary/aromatic N) is 1. The van der Waals surface area contributed by atoms with Gasteiger partial charge in [0.15, 0.2) is 0 Å². The topological polar surface area (TPSA) is 62.5 Å². The molecule has 0 amide bonds. The lowest BCUT2D eigenvalue weighted by molar-refractivity contribution is 0.108. The van der Waals surface area contributed by atoms with Crippen molar-refractivity contribution in [3.05, 3.63) is 59.7 Å². The molecule has 4 nitrogen and oxygen atoms in total. The maximum absolute atomic E-state index is 10.0. The molecule has 0 aliphatic carbocycles. The fourth-order valence-corrected chi connectivity index (χ4v) is 1.74. The lowest BCUT2D eigenvalue weighted by Crippen LogP contribution is -2.09. The third kappa shape index (κ3) is 3.50. The third-order valence-electron chi connectivity index (χ3n) is 2.87. The summed E-state index contributed by atoms with van der Waals surface area (Å²) in [6, 6.07) is 16.0. The number of hydrogen-bond donors (Lipinski definition) is 1. The van der Waals surface area contributed by atoms with Crippen LogP contribution in [0.5, 0.6) is 11.5 Å². The maximum Gasteiger partial charge on any atom is 0.123 e. The molecule has 0 saturated heterocycles. The summed E-state index contributed by atoms with van der Waals surface area (Å²) in [6.07, 6.45) is -0.742. The van der Waals surface area contributed by atoms with Crippen LogP contribution in [0.1, 0.15) is 17.2 Å². The van der Waals surface area contributed by atoms with E-state index in [1.807, 2.05) is 18.2 Å². The third-order valence-corrected chi connectivity index (χ3v) is 2.87. The van der Waals surface area contributed by atoms with Gasteiger partial charge >= 0.3 is 0 Å². The zero-order valence-electron chi connectivity index (χ0n) is 11.1. The summed E-state index contributed by atoms with van der Waals surface area (Å²) >= 11 is 0. The first-order chi connectivity index (χ1) is 9.72. The van der Waals surface area contributed by atoms with E-state index in [0.717, 1.165) is 0 Å². The van der Waals surface area contributed by atoms with Gasteiger partial charge in [0.05, 0.1) is 18.7 Å². The van der Waals surface area contributed by atoms with E-state index in [-0.39, 0.29) is 6.61 Å². The second-order valence-corrected chi connectivity index (χ2v) is 4.24. The van der Waals surface area contributed by atoms with Crippen LogP contribution >= 0.6 is 0 Å². The highest BCUT2D eigenvalue weighted by molar-refractivity contribution is 5.34. The van der Waals surface area contributed by atoms with E-state index in [4.69, 9.17) is 14.7 Å². The van der Waals surface area contributed by atoms with Gasteiger partial charge in [0.25, 0.3) is 0 Å². The maximum atomic E-state index is 10.0. The Labute approximate surface area is 117 Å². The van der Waals surface area contributed by atoms with Crippen molar-refractivity contribution in [2.24, 2.45) is 0 Å². The standard InChI is InChI=1S/C16H15NO3/c1-19-14-3-2-4-15(9-14)20-11-16(18)13-7-5-12(10-17)6-8-13/h2-9,16,18H,11H2,1H3. The molecular formula is C16H15NO3. The highest BCUT2D eigenvalue weighted by Gasteiger charge is 2.08. The van der Waals surface area contributed by atoms with Crippen LogP contribution < -0.4 is 9.47 Å². The predicted octanol–water partition coefficient (Wildman–Crippen LogP) is 2.68. The number of rotatable bonds is 5. The molecular weight excluding hydrogens is 254 g/mol. The Morgan fingerprint density at radius 1 is 1.15 bits per heavy atom. The summed E-state index contributed by atoms with van der Waals surface area (Å²) in [7, 11) is 1.59. The van der Waals surface area contributed by atoms with E-state index in [1.54, 1.807) is 43.5 Å². The van der Waals surface area contributed by atoms with Gasteiger partial charge in [-0.1, -0.05) is 18.2 Å². The molecule has 20 heavy (non-hydrogen) atoms. The number of benzene rings is 2. The minimum atomic E-state index is -0.742. The Morgan fingerprint density at radius 2 is 1.85 bits per heavy atom. The molecule has 0 radical (unpaired) electrons. The number of methoxy groups -OCH3 is 1. The van der Waals surface area contributed by atoms with Crippen molar-refractivity contribution in [1.29, 1.82) is 5.26 Å². The Bertz CT molecular complexity index is 602. The summed E-state index contributed by atoms with van der Waals surface area (Å²) < 4.78 is 10.6. The molecule has 102 valence electrons. The van der Waals surface area contributed by atoms with Gasteiger partial charge < -0.3 is 14.6 Å². The molecule has 0 spiro atoms. The smallest absolute Gasteiger partial charge is 0.123 e. The molecule has 0 aromatic heterocycles. The van der Waals surface area contributed by atoms with Crippen molar-refractivity contribution >= 4 is 0 Å². The summed E-state index contributed by atoms with van der Waals surface area (Å²) in [6.45, 7) is 0.138. The molecule has 0 heterocycles. The van der Waals surface area contributed by atoms with E-state index in [0.29, 0.717) is 22.6 Å². The molecule has 0 saturated carbocycles. The molecule has 2 aromatic rings. The summed E-state index contributed by atoms with van der Waals surface area (Å²) in [5.74, 6) is 1.34. The first kappa shape index (κ1) is 13.9. The predicted molar refractivity (Wildman–Crippen MR) is 74.6 cm³/mol. The van der Waals surface area contributed by atoms with Gasteiger partial charge in [-0.25, -0.2) is 0 Å². The van der Waals surface area contributed by atoms with Gasteiger partial charge in [-0.2, -0.15) is 5.26 Å². The number of aliphatic hydroxyl groups is 1. The molecule has 0 bridgehead atoms. The molecule has 4 heteroatoms. The van der Waals surface area contributed by atoms with E-state index in [2.05, 4.69) is 0 Å². The van der Waals surface area contributed by atoms with Crippen LogP contribution in [0.2, 0.25) is 0 Å². The van der Waals surface area contributed by atoms with Crippen LogP contribution in [0.3, 0.4) is 0 Å². The molecule has 0 aliphatic rings. The van der Waals surface area contributed by atoms with Gasteiger partial charge in [-0.3, -0.25) is 0 Å². The average molecular weight is 269 g/mol. The Balaban J connectivity index is 1.97. The summed E-state index contributed by atoms with van der Waals surface area (Å²) in [5.41, 5.74) is 1.28. The minimum Gasteiger partial charge on any atom is -0.497 e. The Morgan fingerprint density at radius 3 is 2.50 bits per heavy atom. The van der Waals surface area contributed by atoms with Gasteiger partial charge in [0, 0.05) is 6.07 Å². The van der Waals surface area contributed by atoms with Crippen LogP contribution in [0.25, 0.3) is 0 Å². The van der Waals surface area contributed by atoms with E-state index in [1.165, 1.54) is 0 Å². The zero-order chi connectivity index (χ0) is 14.4. The van der Waals surface area contributed by atoms with Gasteiger partial charge in [0.2, 0.25) is 0 Å². The number of ether oxygens (including phenoxy) is 2. The minimum absolute atomic E-state index is 0.138. The molecule has 1 unspecified atom stereocenters. The highest BCUT2D eigenvalue weighted by Crippen LogP contribution is 2.21. The summed E-state index contributed by atoms with van der Waals surface area (Å²) in [5, 5.41) is 18.8. The molecule has 0 fully saturated rings. The van der Waals surface area contributed by atoms with Crippen molar-refractivity contribution in [3.63, 3.8) is 0 Å². The van der Waals surface area contributed by atoms with Gasteiger partial charge in [-0.05, 0) is 29.8 Å². The van der Waals surface area contributed by atoms with Crippen LogP contribution in [0, 0.1) is 11.3 Å². The number of nitriles is 1. The van der Waals surface area contributed by atoms with Crippen LogP contribution in [0.15, 0.2) is 48.5 Å². The fourth-order valence-electron chi connectivity index (χ4n) is 1.74. The van der Waals surface area contributed by atoms with Gasteiger partial charge in [-0.15, -0.1) is 0 Å². The normalized spacial score (nSPS) is 11.4. The highest BCUT2D eigenvalue weighted by atomic mass is 16.5. The Kier molecular flexibility index (Phi) is 4.59. The molecule has 0 aliphatic heterocycles. The largest absolute Gasteiger partial charge is 0.497 e. The average Bonchev–Trinajstić information content (AvgIpc) is 2.53. The van der Waals surface area contributed by atoms with Crippen molar-refractivity contribution in [2.45, 2.75) is 6.10 Å². The van der Waals surface area contributed by atoms with E-state index >= 15 is 0 Å². The SMILES string of the molecule is COc1cccc(OCC(O)c2ccc(C#N)cc2)c1. The van der Waals surface area contributed by atoms with Crippen LogP contribution in [-0.2, 0) is 0 Å². The van der Waals surface area contributed by atoms with Gasteiger partial charge in [0.1, 0.15) is 24.2 Å². The second-order valence-electron chi connectivity index (χ2n) is 4.24. The second kappa shape index (κ2) is 6.60. The molecule has 2 aromatic carbocycles. The quantitative estimate of drug-likeness (QED) is 0.906. The van der Waals surface area contributed by atoms with Crippen molar-refractivity contribution in [3.8, 4) is 17.6 Å². The lowest BCUT2D eigenvalue weighted by atomic mass is 10.1. The van der Waals surface area contributed by atoms with Crippen molar-refractivity contribution in [2.75, 3.05) is 13.7 Å². The van der Waals surface area contributed by atoms with E-state index < -0.39 is 6.10 Å². The molecule has 1 atom stereocenters. The lowest BCUT2D eigenvalue weighted by Gasteiger charge is -2.13. The number of aliphatic hydroxyl groups excluding tert-OH is 1. The summed E-state index contributed by atoms with van der Waals surface area (Å²) in [4.78, 5) is 0. The first-order valence-corrected chi connectivity index (χ1v) is 6.18. The van der Waals surface area contributed by atoms with Crippen LogP contribution in [-0.4, -0.2) is 18.8 Å². The van der Waals surface area contributed by atoms with E-state index in [9.17, 15) is 5.11 Å². The van der Waals surface area contributed by atoms with Crippen molar-refractivity contribution < 1.29 is 14.6 Å². The van der Waals surface area contributed by atoms with Crippen molar-refractivity contribution in [1.82, 2.24) is 0 Å². The zero-order valence-corrected chi connectivity index (χ0v) is 11.1. The number of hydrogen-bond acceptors (Lipinski definition) is 4. The monoisotopic (exact) mass is 269 g/mol. The molecule has 1 N–H and O–H groups in total. The first-order valence-electron chi connectivity index (χ1n) is 6.18. The van der Waals surface area contributed by atoms with Crippen LogP contribution in [0.4, 0.5) is 0 Å². The Hall–Kier alpha value is -2.51. The molecule has 2 rings (SSSR count).